The van der Waals surface area contributed by atoms with E-state index in [2.05, 4.69) is 32.5 Å². The highest BCUT2D eigenvalue weighted by atomic mass is 16.3. The van der Waals surface area contributed by atoms with E-state index in [9.17, 15) is 5.11 Å². The van der Waals surface area contributed by atoms with Crippen LogP contribution in [0.15, 0.2) is 0 Å². The Morgan fingerprint density at radius 2 is 2.05 bits per heavy atom. The quantitative estimate of drug-likeness (QED) is 0.755. The van der Waals surface area contributed by atoms with Crippen molar-refractivity contribution in [3.8, 4) is 0 Å². The lowest BCUT2D eigenvalue weighted by Crippen LogP contribution is -2.47. The first-order chi connectivity index (χ1) is 8.83. The van der Waals surface area contributed by atoms with Crippen molar-refractivity contribution in [2.75, 3.05) is 0 Å². The number of aliphatic hydroxyl groups is 1. The maximum absolute atomic E-state index is 10.3. The Balaban J connectivity index is 2.28. The second-order valence-electron chi connectivity index (χ2n) is 7.77. The average molecular weight is 263 g/mol. The lowest BCUT2D eigenvalue weighted by Gasteiger charge is -2.45. The summed E-state index contributed by atoms with van der Waals surface area (Å²) in [7, 11) is 0. The molecule has 0 aliphatic heterocycles. The topological polar surface area (TPSA) is 24.6 Å². The van der Waals surface area contributed by atoms with E-state index in [1.165, 1.54) is 6.42 Å². The van der Waals surface area contributed by atoms with E-state index >= 15 is 0 Å². The maximum atomic E-state index is 10.3. The van der Waals surface area contributed by atoms with Gasteiger partial charge in [-0.15, -0.1) is 0 Å². The fraction of sp³-hybridized carbons (Fsp3) is 0.941. The van der Waals surface area contributed by atoms with Crippen molar-refractivity contribution in [2.45, 2.75) is 77.9 Å². The first kappa shape index (κ1) is 14.9. The molecule has 2 unspecified atom stereocenters. The van der Waals surface area contributed by atoms with Gasteiger partial charge in [-0.25, -0.2) is 6.57 Å². The van der Waals surface area contributed by atoms with Crippen molar-refractivity contribution in [3.05, 3.63) is 11.4 Å². The number of hydrogen-bond acceptors (Lipinski definition) is 1. The lowest BCUT2D eigenvalue weighted by atomic mass is 9.59. The molecule has 0 aromatic heterocycles. The molecule has 2 aliphatic rings. The average Bonchev–Trinajstić information content (AvgIpc) is 2.67. The molecule has 2 saturated carbocycles. The van der Waals surface area contributed by atoms with E-state index in [4.69, 9.17) is 6.57 Å². The molecule has 2 heteroatoms. The maximum Gasteiger partial charge on any atom is 0.233 e. The van der Waals surface area contributed by atoms with Gasteiger partial charge in [0.25, 0.3) is 0 Å². The van der Waals surface area contributed by atoms with Gasteiger partial charge in [0.05, 0.1) is 6.10 Å². The zero-order chi connectivity index (χ0) is 14.3. The smallest absolute Gasteiger partial charge is 0.233 e. The normalized spacial score (nSPS) is 41.6. The van der Waals surface area contributed by atoms with Gasteiger partial charge in [-0.1, -0.05) is 27.2 Å². The van der Waals surface area contributed by atoms with Crippen LogP contribution in [0.4, 0.5) is 0 Å². The molecular weight excluding hydrogens is 234 g/mol. The third kappa shape index (κ3) is 2.42. The molecule has 0 aromatic rings. The van der Waals surface area contributed by atoms with Gasteiger partial charge in [-0.05, 0) is 42.9 Å². The van der Waals surface area contributed by atoms with Crippen LogP contribution in [0.3, 0.4) is 0 Å². The molecule has 2 fully saturated rings. The molecule has 2 rings (SSSR count). The van der Waals surface area contributed by atoms with Crippen molar-refractivity contribution < 1.29 is 5.11 Å². The van der Waals surface area contributed by atoms with Crippen molar-refractivity contribution in [1.29, 1.82) is 0 Å². The van der Waals surface area contributed by atoms with Gasteiger partial charge in [0, 0.05) is 19.3 Å². The molecule has 2 nitrogen and oxygen atoms in total. The van der Waals surface area contributed by atoms with E-state index in [0.29, 0.717) is 17.8 Å². The highest BCUT2D eigenvalue weighted by Gasteiger charge is 2.59. The van der Waals surface area contributed by atoms with E-state index in [0.717, 1.165) is 32.1 Å². The second-order valence-corrected chi connectivity index (χ2v) is 7.77. The standard InChI is InChI=1S/C17H29NO/c1-12(2)11-17(4,18-5)15-9-8-13-14(19)7-6-10-16(13,15)3/h12-15,19H,6-11H2,1-4H3/t13?,14-,15?,16-,17-/m0/s1. The van der Waals surface area contributed by atoms with Gasteiger partial charge in [-0.3, -0.25) is 0 Å². The van der Waals surface area contributed by atoms with Gasteiger partial charge in [-0.2, -0.15) is 0 Å². The summed E-state index contributed by atoms with van der Waals surface area (Å²) >= 11 is 0. The van der Waals surface area contributed by atoms with Crippen molar-refractivity contribution in [2.24, 2.45) is 23.2 Å². The molecule has 19 heavy (non-hydrogen) atoms. The van der Waals surface area contributed by atoms with Gasteiger partial charge in [0.15, 0.2) is 0 Å². The van der Waals surface area contributed by atoms with Gasteiger partial charge < -0.3 is 9.95 Å². The van der Waals surface area contributed by atoms with Crippen LogP contribution >= 0.6 is 0 Å². The zero-order valence-electron chi connectivity index (χ0n) is 12.9. The summed E-state index contributed by atoms with van der Waals surface area (Å²) < 4.78 is 0. The molecule has 108 valence electrons. The highest BCUT2D eigenvalue weighted by Crippen LogP contribution is 2.60. The summed E-state index contributed by atoms with van der Waals surface area (Å²) in [4.78, 5) is 4.07. The van der Waals surface area contributed by atoms with Crippen LogP contribution in [-0.2, 0) is 0 Å². The van der Waals surface area contributed by atoms with Gasteiger partial charge in [0.2, 0.25) is 5.54 Å². The summed E-state index contributed by atoms with van der Waals surface area (Å²) in [6.45, 7) is 16.7. The minimum absolute atomic E-state index is 0.127. The molecule has 0 radical (unpaired) electrons. The third-order valence-corrected chi connectivity index (χ3v) is 5.92. The Morgan fingerprint density at radius 1 is 1.37 bits per heavy atom. The van der Waals surface area contributed by atoms with E-state index in [1.54, 1.807) is 0 Å². The number of aliphatic hydroxyl groups excluding tert-OH is 1. The zero-order valence-corrected chi connectivity index (χ0v) is 12.9. The molecule has 0 saturated heterocycles. The van der Waals surface area contributed by atoms with Gasteiger partial charge >= 0.3 is 0 Å². The van der Waals surface area contributed by atoms with Crippen LogP contribution in [0.2, 0.25) is 0 Å². The third-order valence-electron chi connectivity index (χ3n) is 5.92. The predicted molar refractivity (Wildman–Crippen MR) is 78.6 cm³/mol. The van der Waals surface area contributed by atoms with Crippen LogP contribution in [-0.4, -0.2) is 16.7 Å². The molecule has 2 aliphatic carbocycles. The fourth-order valence-electron chi connectivity index (χ4n) is 5.26. The molecule has 0 aromatic carbocycles. The second kappa shape index (κ2) is 5.09. The molecular formula is C17H29NO. The minimum Gasteiger partial charge on any atom is -0.393 e. The Hall–Kier alpha value is -0.550. The lowest BCUT2D eigenvalue weighted by molar-refractivity contribution is -0.0287. The van der Waals surface area contributed by atoms with Crippen LogP contribution in [0.1, 0.15) is 66.2 Å². The van der Waals surface area contributed by atoms with Crippen molar-refractivity contribution >= 4 is 0 Å². The Labute approximate surface area is 118 Å². The summed E-state index contributed by atoms with van der Waals surface area (Å²) in [6, 6.07) is 0. The van der Waals surface area contributed by atoms with Crippen molar-refractivity contribution in [1.82, 2.24) is 0 Å². The fourth-order valence-corrected chi connectivity index (χ4v) is 5.26. The molecule has 0 amide bonds. The van der Waals surface area contributed by atoms with Gasteiger partial charge in [0.1, 0.15) is 0 Å². The minimum atomic E-state index is -0.241. The number of hydrogen-bond donors (Lipinski definition) is 1. The summed E-state index contributed by atoms with van der Waals surface area (Å²) in [6.07, 6.45) is 6.39. The number of nitrogens with zero attached hydrogens (tertiary/aromatic N) is 1. The number of fused-ring (bicyclic) bond motifs is 1. The van der Waals surface area contributed by atoms with Crippen LogP contribution in [0, 0.1) is 29.7 Å². The van der Waals surface area contributed by atoms with Crippen molar-refractivity contribution in [3.63, 3.8) is 0 Å². The van der Waals surface area contributed by atoms with E-state index in [1.807, 2.05) is 0 Å². The predicted octanol–water partition coefficient (Wildman–Crippen LogP) is 4.29. The summed E-state index contributed by atoms with van der Waals surface area (Å²) in [5.74, 6) is 1.45. The molecule has 5 atom stereocenters. The summed E-state index contributed by atoms with van der Waals surface area (Å²) in [5.41, 5.74) is -0.0550. The van der Waals surface area contributed by atoms with Crippen LogP contribution in [0.25, 0.3) is 4.85 Å². The Morgan fingerprint density at radius 3 is 2.63 bits per heavy atom. The highest BCUT2D eigenvalue weighted by molar-refractivity contribution is 5.12. The Bertz CT molecular complexity index is 372. The first-order valence-corrected chi connectivity index (χ1v) is 7.90. The first-order valence-electron chi connectivity index (χ1n) is 7.90. The molecule has 0 heterocycles. The van der Waals surface area contributed by atoms with E-state index in [-0.39, 0.29) is 17.1 Å². The van der Waals surface area contributed by atoms with E-state index < -0.39 is 0 Å². The Kier molecular flexibility index (Phi) is 3.98. The molecule has 1 N–H and O–H groups in total. The van der Waals surface area contributed by atoms with Crippen LogP contribution < -0.4 is 0 Å². The van der Waals surface area contributed by atoms with Crippen LogP contribution in [0.5, 0.6) is 0 Å². The summed E-state index contributed by atoms with van der Waals surface area (Å²) in [5, 5.41) is 10.3. The molecule has 0 bridgehead atoms. The number of rotatable bonds is 3. The monoisotopic (exact) mass is 263 g/mol. The molecule has 0 spiro atoms. The largest absolute Gasteiger partial charge is 0.393 e. The SMILES string of the molecule is [C-]#[N+][C@@](C)(CC(C)C)C1CCC2[C@@H](O)CCC[C@@]21C.